The number of hydrogen-bond donors (Lipinski definition) is 1. The van der Waals surface area contributed by atoms with Crippen LogP contribution in [0.3, 0.4) is 0 Å². The Balaban J connectivity index is 1.83. The zero-order valence-electron chi connectivity index (χ0n) is 12.7. The van der Waals surface area contributed by atoms with Crippen molar-refractivity contribution < 1.29 is 14.3 Å². The van der Waals surface area contributed by atoms with Crippen molar-refractivity contribution in [3.63, 3.8) is 0 Å². The predicted octanol–water partition coefficient (Wildman–Crippen LogP) is 3.08. The summed E-state index contributed by atoms with van der Waals surface area (Å²) in [6, 6.07) is 10.9. The number of rotatable bonds is 7. The SMILES string of the molecule is CC(=O)c1cccc(OC(C)C(=O)NCCc2cccs2)c1. The lowest BCUT2D eigenvalue weighted by Gasteiger charge is -2.15. The molecule has 1 atom stereocenters. The molecule has 116 valence electrons. The average Bonchev–Trinajstić information content (AvgIpc) is 3.00. The van der Waals surface area contributed by atoms with E-state index >= 15 is 0 Å². The number of ketones is 1. The molecule has 0 spiro atoms. The molecule has 0 saturated heterocycles. The fraction of sp³-hybridized carbons (Fsp3) is 0.294. The normalized spacial score (nSPS) is 11.7. The van der Waals surface area contributed by atoms with Gasteiger partial charge in [-0.2, -0.15) is 0 Å². The summed E-state index contributed by atoms with van der Waals surface area (Å²) in [5, 5.41) is 4.87. The molecule has 0 saturated carbocycles. The average molecular weight is 317 g/mol. The highest BCUT2D eigenvalue weighted by Gasteiger charge is 2.14. The van der Waals surface area contributed by atoms with E-state index in [2.05, 4.69) is 5.32 Å². The Bertz CT molecular complexity index is 637. The Morgan fingerprint density at radius 2 is 2.09 bits per heavy atom. The molecule has 0 aliphatic heterocycles. The number of carbonyl (C=O) groups excluding carboxylic acids is 2. The number of thiophene rings is 1. The molecule has 1 amide bonds. The van der Waals surface area contributed by atoms with E-state index in [0.717, 1.165) is 6.42 Å². The van der Waals surface area contributed by atoms with Gasteiger partial charge in [-0.1, -0.05) is 18.2 Å². The largest absolute Gasteiger partial charge is 0.481 e. The van der Waals surface area contributed by atoms with Crippen LogP contribution in [0.4, 0.5) is 0 Å². The minimum Gasteiger partial charge on any atom is -0.481 e. The van der Waals surface area contributed by atoms with Gasteiger partial charge in [-0.25, -0.2) is 0 Å². The Hall–Kier alpha value is -2.14. The summed E-state index contributed by atoms with van der Waals surface area (Å²) in [6.45, 7) is 3.78. The fourth-order valence-corrected chi connectivity index (χ4v) is 2.66. The van der Waals surface area contributed by atoms with E-state index in [4.69, 9.17) is 4.74 Å². The van der Waals surface area contributed by atoms with Gasteiger partial charge in [-0.05, 0) is 43.8 Å². The molecule has 1 aromatic heterocycles. The summed E-state index contributed by atoms with van der Waals surface area (Å²) in [4.78, 5) is 24.6. The first-order chi connectivity index (χ1) is 10.6. The van der Waals surface area contributed by atoms with Gasteiger partial charge in [-0.3, -0.25) is 9.59 Å². The first kappa shape index (κ1) is 16.2. The summed E-state index contributed by atoms with van der Waals surface area (Å²) in [5.41, 5.74) is 0.572. The molecule has 5 heteroatoms. The number of benzene rings is 1. The third-order valence-electron chi connectivity index (χ3n) is 3.17. The molecule has 1 unspecified atom stereocenters. The molecule has 0 aliphatic carbocycles. The molecule has 2 aromatic rings. The van der Waals surface area contributed by atoms with Gasteiger partial charge in [-0.15, -0.1) is 11.3 Å². The molecule has 22 heavy (non-hydrogen) atoms. The van der Waals surface area contributed by atoms with Crippen LogP contribution in [-0.2, 0) is 11.2 Å². The van der Waals surface area contributed by atoms with Crippen molar-refractivity contribution in [2.75, 3.05) is 6.54 Å². The maximum atomic E-state index is 12.0. The number of Topliss-reactive ketones (excluding diaryl/α,β-unsaturated/α-hetero) is 1. The highest BCUT2D eigenvalue weighted by Crippen LogP contribution is 2.15. The van der Waals surface area contributed by atoms with Gasteiger partial charge in [0.2, 0.25) is 0 Å². The number of ether oxygens (including phenoxy) is 1. The molecule has 1 N–H and O–H groups in total. The van der Waals surface area contributed by atoms with Crippen LogP contribution in [-0.4, -0.2) is 24.3 Å². The van der Waals surface area contributed by atoms with Crippen LogP contribution >= 0.6 is 11.3 Å². The Kier molecular flexibility index (Phi) is 5.72. The highest BCUT2D eigenvalue weighted by atomic mass is 32.1. The number of carbonyl (C=O) groups is 2. The zero-order valence-corrected chi connectivity index (χ0v) is 13.5. The van der Waals surface area contributed by atoms with Crippen LogP contribution in [0.25, 0.3) is 0 Å². The van der Waals surface area contributed by atoms with Crippen molar-refractivity contribution in [2.24, 2.45) is 0 Å². The van der Waals surface area contributed by atoms with Crippen molar-refractivity contribution in [1.29, 1.82) is 0 Å². The molecule has 1 heterocycles. The lowest BCUT2D eigenvalue weighted by Crippen LogP contribution is -2.37. The second-order valence-corrected chi connectivity index (χ2v) is 6.00. The highest BCUT2D eigenvalue weighted by molar-refractivity contribution is 7.09. The minimum absolute atomic E-state index is 0.0292. The Morgan fingerprint density at radius 3 is 2.77 bits per heavy atom. The van der Waals surface area contributed by atoms with Crippen molar-refractivity contribution in [2.45, 2.75) is 26.4 Å². The van der Waals surface area contributed by atoms with E-state index in [9.17, 15) is 9.59 Å². The van der Waals surface area contributed by atoms with Crippen LogP contribution in [0.5, 0.6) is 5.75 Å². The van der Waals surface area contributed by atoms with Gasteiger partial charge < -0.3 is 10.1 Å². The van der Waals surface area contributed by atoms with Crippen LogP contribution in [0, 0.1) is 0 Å². The van der Waals surface area contributed by atoms with E-state index in [-0.39, 0.29) is 11.7 Å². The smallest absolute Gasteiger partial charge is 0.260 e. The van der Waals surface area contributed by atoms with E-state index in [0.29, 0.717) is 17.9 Å². The Labute approximate surface area is 134 Å². The van der Waals surface area contributed by atoms with Crippen LogP contribution < -0.4 is 10.1 Å². The molecular weight excluding hydrogens is 298 g/mol. The van der Waals surface area contributed by atoms with Gasteiger partial charge in [0.05, 0.1) is 0 Å². The minimum atomic E-state index is -0.606. The number of amides is 1. The van der Waals surface area contributed by atoms with Crippen LogP contribution in [0.2, 0.25) is 0 Å². The van der Waals surface area contributed by atoms with Gasteiger partial charge in [0, 0.05) is 17.0 Å². The summed E-state index contributed by atoms with van der Waals surface area (Å²) in [6.07, 6.45) is 0.209. The lowest BCUT2D eigenvalue weighted by molar-refractivity contribution is -0.127. The van der Waals surface area contributed by atoms with Crippen molar-refractivity contribution in [1.82, 2.24) is 5.32 Å². The fourth-order valence-electron chi connectivity index (χ4n) is 1.95. The molecule has 1 aromatic carbocycles. The van der Waals surface area contributed by atoms with E-state index in [1.165, 1.54) is 11.8 Å². The zero-order chi connectivity index (χ0) is 15.9. The van der Waals surface area contributed by atoms with E-state index in [1.807, 2.05) is 17.5 Å². The first-order valence-electron chi connectivity index (χ1n) is 7.14. The monoisotopic (exact) mass is 317 g/mol. The van der Waals surface area contributed by atoms with Crippen molar-refractivity contribution >= 4 is 23.0 Å². The number of hydrogen-bond acceptors (Lipinski definition) is 4. The maximum Gasteiger partial charge on any atom is 0.260 e. The lowest BCUT2D eigenvalue weighted by atomic mass is 10.1. The molecular formula is C17H19NO3S. The summed E-state index contributed by atoms with van der Waals surface area (Å²) >= 11 is 1.68. The molecule has 4 nitrogen and oxygen atoms in total. The van der Waals surface area contributed by atoms with Gasteiger partial charge >= 0.3 is 0 Å². The summed E-state index contributed by atoms with van der Waals surface area (Å²) in [7, 11) is 0. The maximum absolute atomic E-state index is 12.0. The third-order valence-corrected chi connectivity index (χ3v) is 4.11. The van der Waals surface area contributed by atoms with E-state index in [1.54, 1.807) is 42.5 Å². The van der Waals surface area contributed by atoms with Crippen LogP contribution in [0.15, 0.2) is 41.8 Å². The molecule has 0 aliphatic rings. The Morgan fingerprint density at radius 1 is 1.27 bits per heavy atom. The van der Waals surface area contributed by atoms with Crippen molar-refractivity contribution in [3.05, 3.63) is 52.2 Å². The van der Waals surface area contributed by atoms with Crippen molar-refractivity contribution in [3.8, 4) is 5.75 Å². The molecule has 0 fully saturated rings. The number of nitrogens with one attached hydrogen (secondary N) is 1. The topological polar surface area (TPSA) is 55.4 Å². The second-order valence-electron chi connectivity index (χ2n) is 4.96. The summed E-state index contributed by atoms with van der Waals surface area (Å²) < 4.78 is 5.59. The molecule has 0 radical (unpaired) electrons. The molecule has 2 rings (SSSR count). The quantitative estimate of drug-likeness (QED) is 0.799. The van der Waals surface area contributed by atoms with Gasteiger partial charge in [0.1, 0.15) is 5.75 Å². The summed E-state index contributed by atoms with van der Waals surface area (Å²) in [5.74, 6) is 0.330. The first-order valence-corrected chi connectivity index (χ1v) is 8.02. The second kappa shape index (κ2) is 7.75. The van der Waals surface area contributed by atoms with Gasteiger partial charge in [0.25, 0.3) is 5.91 Å². The van der Waals surface area contributed by atoms with Crippen LogP contribution in [0.1, 0.15) is 29.1 Å². The van der Waals surface area contributed by atoms with E-state index < -0.39 is 6.10 Å². The third kappa shape index (κ3) is 4.70. The standard InChI is InChI=1S/C17H19NO3S/c1-12(19)14-5-3-6-15(11-14)21-13(2)17(20)18-9-8-16-7-4-10-22-16/h3-7,10-11,13H,8-9H2,1-2H3,(H,18,20). The van der Waals surface area contributed by atoms with Gasteiger partial charge in [0.15, 0.2) is 11.9 Å². The molecule has 0 bridgehead atoms. The predicted molar refractivity (Wildman–Crippen MR) is 87.6 cm³/mol.